The maximum atomic E-state index is 3.62. The van der Waals surface area contributed by atoms with Crippen LogP contribution in [0.2, 0.25) is 0 Å². The number of halogens is 1. The molecular weight excluding hydrogens is 270 g/mol. The molecule has 1 nitrogen and oxygen atoms in total. The normalized spacial score (nSPS) is 13.5. The summed E-state index contributed by atoms with van der Waals surface area (Å²) >= 11 is 5.42. The minimum Gasteiger partial charge on any atom is -0.309 e. The summed E-state index contributed by atoms with van der Waals surface area (Å²) in [5.41, 5.74) is 0. The van der Waals surface area contributed by atoms with Crippen molar-refractivity contribution in [3.8, 4) is 0 Å². The zero-order valence-electron chi connectivity index (χ0n) is 9.93. The molecule has 1 rings (SSSR count). The Kier molecular flexibility index (Phi) is 5.30. The third-order valence-electron chi connectivity index (χ3n) is 2.69. The van der Waals surface area contributed by atoms with Crippen LogP contribution < -0.4 is 5.32 Å². The van der Waals surface area contributed by atoms with Crippen LogP contribution in [0.5, 0.6) is 0 Å². The second-order valence-electron chi connectivity index (χ2n) is 4.26. The number of rotatable bonds is 5. The van der Waals surface area contributed by atoms with E-state index in [-0.39, 0.29) is 0 Å². The monoisotopic (exact) mass is 289 g/mol. The summed E-state index contributed by atoms with van der Waals surface area (Å²) < 4.78 is 1.24. The highest BCUT2D eigenvalue weighted by molar-refractivity contribution is 9.10. The lowest BCUT2D eigenvalue weighted by atomic mass is 10.0. The lowest BCUT2D eigenvalue weighted by Crippen LogP contribution is -2.32. The fourth-order valence-electron chi connectivity index (χ4n) is 1.69. The third-order valence-corrected chi connectivity index (χ3v) is 4.83. The van der Waals surface area contributed by atoms with Crippen LogP contribution in [0.15, 0.2) is 10.5 Å². The van der Waals surface area contributed by atoms with E-state index in [2.05, 4.69) is 55.0 Å². The molecule has 3 heteroatoms. The quantitative estimate of drug-likeness (QED) is 0.850. The average Bonchev–Trinajstić information content (AvgIpc) is 2.47. The predicted molar refractivity (Wildman–Crippen MR) is 72.5 cm³/mol. The number of aryl methyl sites for hydroxylation is 1. The molecule has 0 saturated carbocycles. The first kappa shape index (κ1) is 13.2. The minimum atomic E-state index is 0.631. The number of nitrogens with one attached hydrogen (secondary N) is 1. The molecule has 0 aliphatic rings. The van der Waals surface area contributed by atoms with Crippen LogP contribution in [0.3, 0.4) is 0 Å². The highest BCUT2D eigenvalue weighted by Crippen LogP contribution is 2.26. The van der Waals surface area contributed by atoms with Crippen molar-refractivity contribution >= 4 is 27.3 Å². The largest absolute Gasteiger partial charge is 0.309 e. The van der Waals surface area contributed by atoms with E-state index in [1.54, 1.807) is 0 Å². The molecule has 0 radical (unpaired) electrons. The Hall–Kier alpha value is 0.140. The Morgan fingerprint density at radius 2 is 2.13 bits per heavy atom. The van der Waals surface area contributed by atoms with Gasteiger partial charge >= 0.3 is 0 Å². The average molecular weight is 290 g/mol. The topological polar surface area (TPSA) is 12.0 Å². The lowest BCUT2D eigenvalue weighted by Gasteiger charge is -2.20. The van der Waals surface area contributed by atoms with Gasteiger partial charge in [-0.05, 0) is 41.3 Å². The first-order chi connectivity index (χ1) is 7.04. The van der Waals surface area contributed by atoms with Crippen molar-refractivity contribution in [2.75, 3.05) is 0 Å². The van der Waals surface area contributed by atoms with Crippen LogP contribution in [0.25, 0.3) is 0 Å². The molecule has 0 amide bonds. The molecule has 0 spiro atoms. The molecular formula is C12H20BrNS. The Bertz CT molecular complexity index is 287. The standard InChI is InChI=1S/C12H20BrNS/c1-5-12(8(2)3)14-7-10-6-11(13)9(4)15-10/h6,8,12,14H,5,7H2,1-4H3. The second-order valence-corrected chi connectivity index (χ2v) is 6.45. The first-order valence-corrected chi connectivity index (χ1v) is 7.13. The molecule has 1 aromatic heterocycles. The zero-order valence-corrected chi connectivity index (χ0v) is 12.3. The molecule has 86 valence electrons. The molecule has 0 saturated heterocycles. The van der Waals surface area contributed by atoms with Gasteiger partial charge in [0.15, 0.2) is 0 Å². The molecule has 15 heavy (non-hydrogen) atoms. The molecule has 1 aromatic rings. The van der Waals surface area contributed by atoms with Crippen LogP contribution in [0.1, 0.15) is 36.9 Å². The lowest BCUT2D eigenvalue weighted by molar-refractivity contribution is 0.389. The van der Waals surface area contributed by atoms with Gasteiger partial charge in [0.25, 0.3) is 0 Å². The molecule has 1 atom stereocenters. The summed E-state index contributed by atoms with van der Waals surface area (Å²) in [5.74, 6) is 0.708. The van der Waals surface area contributed by atoms with Gasteiger partial charge in [-0.1, -0.05) is 20.8 Å². The van der Waals surface area contributed by atoms with Gasteiger partial charge in [-0.3, -0.25) is 0 Å². The SMILES string of the molecule is CCC(NCc1cc(Br)c(C)s1)C(C)C. The molecule has 0 aromatic carbocycles. The van der Waals surface area contributed by atoms with Gasteiger partial charge in [0, 0.05) is 26.8 Å². The van der Waals surface area contributed by atoms with E-state index in [0.29, 0.717) is 12.0 Å². The van der Waals surface area contributed by atoms with Crippen LogP contribution in [0.4, 0.5) is 0 Å². The number of hydrogen-bond acceptors (Lipinski definition) is 2. The van der Waals surface area contributed by atoms with Gasteiger partial charge in [0.2, 0.25) is 0 Å². The molecule has 1 unspecified atom stereocenters. The smallest absolute Gasteiger partial charge is 0.0314 e. The van der Waals surface area contributed by atoms with E-state index in [1.807, 2.05) is 11.3 Å². The summed E-state index contributed by atoms with van der Waals surface area (Å²) in [7, 11) is 0. The van der Waals surface area contributed by atoms with Crippen molar-refractivity contribution < 1.29 is 0 Å². The van der Waals surface area contributed by atoms with Crippen molar-refractivity contribution in [2.24, 2.45) is 5.92 Å². The van der Waals surface area contributed by atoms with Crippen LogP contribution in [-0.4, -0.2) is 6.04 Å². The van der Waals surface area contributed by atoms with Gasteiger partial charge < -0.3 is 5.32 Å². The van der Waals surface area contributed by atoms with E-state index in [1.165, 1.54) is 20.6 Å². The van der Waals surface area contributed by atoms with Gasteiger partial charge in [-0.25, -0.2) is 0 Å². The maximum absolute atomic E-state index is 3.62. The Balaban J connectivity index is 2.49. The van der Waals surface area contributed by atoms with Crippen molar-refractivity contribution in [2.45, 2.75) is 46.7 Å². The van der Waals surface area contributed by atoms with Crippen LogP contribution in [-0.2, 0) is 6.54 Å². The first-order valence-electron chi connectivity index (χ1n) is 5.52. The van der Waals surface area contributed by atoms with E-state index in [9.17, 15) is 0 Å². The molecule has 1 heterocycles. The Labute approximate surface area is 105 Å². The summed E-state index contributed by atoms with van der Waals surface area (Å²) in [6.45, 7) is 9.94. The summed E-state index contributed by atoms with van der Waals surface area (Å²) in [6, 6.07) is 2.85. The third kappa shape index (κ3) is 3.89. The highest BCUT2D eigenvalue weighted by atomic mass is 79.9. The van der Waals surface area contributed by atoms with Gasteiger partial charge in [-0.2, -0.15) is 0 Å². The molecule has 0 aliphatic heterocycles. The van der Waals surface area contributed by atoms with Crippen molar-refractivity contribution in [3.63, 3.8) is 0 Å². The molecule has 0 fully saturated rings. The molecule has 0 bridgehead atoms. The highest BCUT2D eigenvalue weighted by Gasteiger charge is 2.10. The summed E-state index contributed by atoms with van der Waals surface area (Å²) in [5, 5.41) is 3.62. The van der Waals surface area contributed by atoms with Crippen LogP contribution in [0, 0.1) is 12.8 Å². The van der Waals surface area contributed by atoms with Crippen molar-refractivity contribution in [1.29, 1.82) is 0 Å². The van der Waals surface area contributed by atoms with E-state index in [4.69, 9.17) is 0 Å². The maximum Gasteiger partial charge on any atom is 0.0314 e. The Morgan fingerprint density at radius 3 is 2.53 bits per heavy atom. The van der Waals surface area contributed by atoms with E-state index >= 15 is 0 Å². The van der Waals surface area contributed by atoms with Crippen molar-refractivity contribution in [1.82, 2.24) is 5.32 Å². The fraction of sp³-hybridized carbons (Fsp3) is 0.667. The minimum absolute atomic E-state index is 0.631. The second kappa shape index (κ2) is 6.02. The van der Waals surface area contributed by atoms with Gasteiger partial charge in [-0.15, -0.1) is 11.3 Å². The van der Waals surface area contributed by atoms with Gasteiger partial charge in [0.1, 0.15) is 0 Å². The zero-order chi connectivity index (χ0) is 11.4. The number of thiophene rings is 1. The Morgan fingerprint density at radius 1 is 1.47 bits per heavy atom. The van der Waals surface area contributed by atoms with Gasteiger partial charge in [0.05, 0.1) is 0 Å². The molecule has 1 N–H and O–H groups in total. The summed E-state index contributed by atoms with van der Waals surface area (Å²) in [6.07, 6.45) is 1.20. The van der Waals surface area contributed by atoms with Crippen LogP contribution >= 0.6 is 27.3 Å². The summed E-state index contributed by atoms with van der Waals surface area (Å²) in [4.78, 5) is 2.78. The molecule has 0 aliphatic carbocycles. The van der Waals surface area contributed by atoms with E-state index in [0.717, 1.165) is 6.54 Å². The van der Waals surface area contributed by atoms with E-state index < -0.39 is 0 Å². The fourth-order valence-corrected chi connectivity index (χ4v) is 3.24. The predicted octanol–water partition coefficient (Wildman–Crippen LogP) is 4.34. The van der Waals surface area contributed by atoms with Crippen molar-refractivity contribution in [3.05, 3.63) is 20.3 Å². The number of hydrogen-bond donors (Lipinski definition) is 1.